The van der Waals surface area contributed by atoms with E-state index in [1.165, 1.54) is 6.20 Å². The highest BCUT2D eigenvalue weighted by molar-refractivity contribution is 6.00. The van der Waals surface area contributed by atoms with Gasteiger partial charge in [0.25, 0.3) is 5.91 Å². The van der Waals surface area contributed by atoms with E-state index in [1.807, 2.05) is 6.92 Å². The van der Waals surface area contributed by atoms with E-state index in [-0.39, 0.29) is 11.4 Å². The lowest BCUT2D eigenvalue weighted by molar-refractivity contribution is 0.0937. The van der Waals surface area contributed by atoms with Crippen molar-refractivity contribution in [1.82, 2.24) is 24.9 Å². The Morgan fingerprint density at radius 1 is 1.21 bits per heavy atom. The Labute approximate surface area is 166 Å². The molecule has 0 unspecified atom stereocenters. The fourth-order valence-corrected chi connectivity index (χ4v) is 3.22. The van der Waals surface area contributed by atoms with Gasteiger partial charge in [-0.2, -0.15) is 9.61 Å². The standard InChI is InChI=1S/C19H21N7O3/c1-19(3-4-19)25-18(27)11-8-22-26-15(20-2)7-14(24-17(11)26)23-12-9-21-10-13-16(12)29-6-5-28-13/h7-10,20H,3-6H2,1-2H3,(H,23,24)(H,25,27). The van der Waals surface area contributed by atoms with Crippen molar-refractivity contribution < 1.29 is 14.3 Å². The fraction of sp³-hybridized carbons (Fsp3) is 0.368. The Morgan fingerprint density at radius 2 is 2.03 bits per heavy atom. The molecule has 0 atom stereocenters. The van der Waals surface area contributed by atoms with Gasteiger partial charge in [0.1, 0.15) is 36.1 Å². The maximum absolute atomic E-state index is 12.7. The van der Waals surface area contributed by atoms with Crippen LogP contribution in [0.5, 0.6) is 11.5 Å². The molecule has 3 N–H and O–H groups in total. The van der Waals surface area contributed by atoms with Crippen LogP contribution in [0.2, 0.25) is 0 Å². The molecule has 0 radical (unpaired) electrons. The van der Waals surface area contributed by atoms with E-state index >= 15 is 0 Å². The summed E-state index contributed by atoms with van der Waals surface area (Å²) in [5, 5.41) is 13.7. The summed E-state index contributed by atoms with van der Waals surface area (Å²) < 4.78 is 12.9. The van der Waals surface area contributed by atoms with Gasteiger partial charge in [0.05, 0.1) is 18.6 Å². The van der Waals surface area contributed by atoms with E-state index in [2.05, 4.69) is 31.0 Å². The van der Waals surface area contributed by atoms with Gasteiger partial charge in [-0.25, -0.2) is 4.98 Å². The van der Waals surface area contributed by atoms with Crippen LogP contribution in [0, 0.1) is 0 Å². The highest BCUT2D eigenvalue weighted by atomic mass is 16.6. The number of hydrogen-bond acceptors (Lipinski definition) is 8. The fourth-order valence-electron chi connectivity index (χ4n) is 3.22. The summed E-state index contributed by atoms with van der Waals surface area (Å²) in [5.41, 5.74) is 1.39. The summed E-state index contributed by atoms with van der Waals surface area (Å²) in [5.74, 6) is 2.20. The Kier molecular flexibility index (Phi) is 3.93. The zero-order valence-corrected chi connectivity index (χ0v) is 16.2. The van der Waals surface area contributed by atoms with Crippen LogP contribution in [-0.2, 0) is 0 Å². The molecule has 10 nitrogen and oxygen atoms in total. The summed E-state index contributed by atoms with van der Waals surface area (Å²) >= 11 is 0. The normalized spacial score (nSPS) is 16.3. The molecule has 4 heterocycles. The molecule has 1 saturated carbocycles. The molecule has 0 spiro atoms. The van der Waals surface area contributed by atoms with Crippen LogP contribution in [0.25, 0.3) is 5.65 Å². The predicted octanol–water partition coefficient (Wildman–Crippen LogP) is 1.96. The van der Waals surface area contributed by atoms with Gasteiger partial charge >= 0.3 is 0 Å². The first-order valence-electron chi connectivity index (χ1n) is 9.46. The number of carbonyl (C=O) groups excluding carboxylic acids is 1. The van der Waals surface area contributed by atoms with Crippen molar-refractivity contribution in [2.24, 2.45) is 0 Å². The molecule has 0 aromatic carbocycles. The monoisotopic (exact) mass is 395 g/mol. The first-order chi connectivity index (χ1) is 14.1. The first-order valence-corrected chi connectivity index (χ1v) is 9.46. The molecule has 0 bridgehead atoms. The summed E-state index contributed by atoms with van der Waals surface area (Å²) in [6.45, 7) is 2.98. The van der Waals surface area contributed by atoms with Gasteiger partial charge in [-0.15, -0.1) is 0 Å². The molecule has 10 heteroatoms. The number of pyridine rings is 1. The molecule has 2 aliphatic rings. The number of rotatable bonds is 5. The van der Waals surface area contributed by atoms with E-state index in [4.69, 9.17) is 9.47 Å². The van der Waals surface area contributed by atoms with E-state index in [0.29, 0.717) is 53.2 Å². The van der Waals surface area contributed by atoms with Crippen molar-refractivity contribution in [3.63, 3.8) is 0 Å². The maximum Gasteiger partial charge on any atom is 0.257 e. The Hall–Kier alpha value is -3.56. The van der Waals surface area contributed by atoms with E-state index in [9.17, 15) is 4.79 Å². The second-order valence-electron chi connectivity index (χ2n) is 7.42. The van der Waals surface area contributed by atoms with Crippen molar-refractivity contribution in [2.45, 2.75) is 25.3 Å². The van der Waals surface area contributed by atoms with E-state index < -0.39 is 0 Å². The topological polar surface area (TPSA) is 115 Å². The molecule has 1 fully saturated rings. The minimum Gasteiger partial charge on any atom is -0.484 e. The number of ether oxygens (including phenoxy) is 2. The lowest BCUT2D eigenvalue weighted by Crippen LogP contribution is -2.34. The number of nitrogens with one attached hydrogen (secondary N) is 3. The minimum absolute atomic E-state index is 0.126. The maximum atomic E-state index is 12.7. The third-order valence-electron chi connectivity index (χ3n) is 5.10. The lowest BCUT2D eigenvalue weighted by Gasteiger charge is -2.20. The van der Waals surface area contributed by atoms with Crippen molar-refractivity contribution in [1.29, 1.82) is 0 Å². The number of fused-ring (bicyclic) bond motifs is 2. The van der Waals surface area contributed by atoms with Gasteiger partial charge in [0.15, 0.2) is 17.1 Å². The highest BCUT2D eigenvalue weighted by Gasteiger charge is 2.39. The zero-order valence-electron chi connectivity index (χ0n) is 16.2. The average Bonchev–Trinajstić information content (AvgIpc) is 3.29. The summed E-state index contributed by atoms with van der Waals surface area (Å²) in [7, 11) is 1.79. The van der Waals surface area contributed by atoms with Crippen LogP contribution in [0.4, 0.5) is 17.3 Å². The van der Waals surface area contributed by atoms with Gasteiger partial charge in [-0.1, -0.05) is 0 Å². The number of hydrogen-bond donors (Lipinski definition) is 3. The Bertz CT molecular complexity index is 1110. The van der Waals surface area contributed by atoms with Crippen LogP contribution in [0.1, 0.15) is 30.1 Å². The summed E-state index contributed by atoms with van der Waals surface area (Å²) in [6.07, 6.45) is 6.77. The van der Waals surface area contributed by atoms with Gasteiger partial charge < -0.3 is 25.4 Å². The van der Waals surface area contributed by atoms with Crippen molar-refractivity contribution in [3.8, 4) is 11.5 Å². The third-order valence-corrected chi connectivity index (χ3v) is 5.10. The molecule has 1 amide bonds. The van der Waals surface area contributed by atoms with Crippen LogP contribution in [0.3, 0.4) is 0 Å². The Balaban J connectivity index is 1.53. The largest absolute Gasteiger partial charge is 0.484 e. The SMILES string of the molecule is CNc1cc(Nc2cncc3c2OCCO3)nc2c(C(=O)NC3(C)CC3)cnn12. The van der Waals surface area contributed by atoms with Gasteiger partial charge in [0, 0.05) is 18.7 Å². The molecule has 150 valence electrons. The van der Waals surface area contributed by atoms with Crippen molar-refractivity contribution in [3.05, 3.63) is 30.2 Å². The smallest absolute Gasteiger partial charge is 0.257 e. The molecule has 3 aromatic heterocycles. The van der Waals surface area contributed by atoms with Crippen LogP contribution >= 0.6 is 0 Å². The zero-order chi connectivity index (χ0) is 20.0. The molecule has 29 heavy (non-hydrogen) atoms. The van der Waals surface area contributed by atoms with Gasteiger partial charge in [0.2, 0.25) is 0 Å². The van der Waals surface area contributed by atoms with Crippen LogP contribution in [-0.4, -0.2) is 51.3 Å². The van der Waals surface area contributed by atoms with Crippen molar-refractivity contribution in [2.75, 3.05) is 30.9 Å². The second kappa shape index (κ2) is 6.50. The van der Waals surface area contributed by atoms with Gasteiger partial charge in [-0.3, -0.25) is 9.78 Å². The van der Waals surface area contributed by atoms with E-state index in [1.54, 1.807) is 30.0 Å². The number of aromatic nitrogens is 4. The van der Waals surface area contributed by atoms with E-state index in [0.717, 1.165) is 12.8 Å². The second-order valence-corrected chi connectivity index (χ2v) is 7.42. The number of nitrogens with zero attached hydrogens (tertiary/aromatic N) is 4. The molecular formula is C19H21N7O3. The molecular weight excluding hydrogens is 374 g/mol. The number of anilines is 3. The lowest BCUT2D eigenvalue weighted by atomic mass is 10.2. The predicted molar refractivity (Wildman–Crippen MR) is 106 cm³/mol. The molecule has 0 saturated heterocycles. The molecule has 5 rings (SSSR count). The van der Waals surface area contributed by atoms with Crippen LogP contribution in [0.15, 0.2) is 24.7 Å². The minimum atomic E-state index is -0.179. The van der Waals surface area contributed by atoms with Crippen LogP contribution < -0.4 is 25.4 Å². The van der Waals surface area contributed by atoms with Gasteiger partial charge in [-0.05, 0) is 19.8 Å². The quantitative estimate of drug-likeness (QED) is 0.601. The molecule has 1 aliphatic carbocycles. The highest BCUT2D eigenvalue weighted by Crippen LogP contribution is 2.38. The summed E-state index contributed by atoms with van der Waals surface area (Å²) in [4.78, 5) is 21.6. The molecule has 1 aliphatic heterocycles. The number of amides is 1. The Morgan fingerprint density at radius 3 is 2.83 bits per heavy atom. The summed E-state index contributed by atoms with van der Waals surface area (Å²) in [6, 6.07) is 1.80. The van der Waals surface area contributed by atoms with Crippen molar-refractivity contribution >= 4 is 28.9 Å². The first kappa shape index (κ1) is 17.5. The number of carbonyl (C=O) groups is 1. The average molecular weight is 395 g/mol. The third kappa shape index (κ3) is 3.16. The molecule has 3 aromatic rings.